The molecule has 0 saturated carbocycles. The van der Waals surface area contributed by atoms with Crippen LogP contribution in [-0.2, 0) is 12.8 Å². The highest BCUT2D eigenvalue weighted by molar-refractivity contribution is 7.99. The summed E-state index contributed by atoms with van der Waals surface area (Å²) >= 11 is 7.62. The number of benzene rings is 2. The lowest BCUT2D eigenvalue weighted by Crippen LogP contribution is -1.94. The Morgan fingerprint density at radius 2 is 1.76 bits per heavy atom. The Kier molecular flexibility index (Phi) is 5.95. The Balaban J connectivity index is 1.37. The highest BCUT2D eigenvalue weighted by atomic mass is 35.5. The van der Waals surface area contributed by atoms with E-state index in [1.807, 2.05) is 67.0 Å². The molecule has 0 aliphatic heterocycles. The van der Waals surface area contributed by atoms with E-state index in [2.05, 4.69) is 27.1 Å². The van der Waals surface area contributed by atoms with Crippen LogP contribution in [0.25, 0.3) is 0 Å². The molecule has 0 bridgehead atoms. The predicted molar refractivity (Wildman–Crippen MR) is 115 cm³/mol. The number of imidazole rings is 1. The van der Waals surface area contributed by atoms with Crippen LogP contribution in [0.3, 0.4) is 0 Å². The number of nitriles is 1. The Labute approximate surface area is 178 Å². The Morgan fingerprint density at radius 1 is 0.931 bits per heavy atom. The average molecular weight is 417 g/mol. The molecule has 2 aromatic carbocycles. The van der Waals surface area contributed by atoms with Crippen molar-refractivity contribution in [2.24, 2.45) is 0 Å². The third kappa shape index (κ3) is 5.26. The number of hydrogen-bond donors (Lipinski definition) is 1. The van der Waals surface area contributed by atoms with Gasteiger partial charge in [0.15, 0.2) is 0 Å². The van der Waals surface area contributed by atoms with Crippen molar-refractivity contribution in [3.8, 4) is 6.07 Å². The highest BCUT2D eigenvalue weighted by Crippen LogP contribution is 2.28. The topological polar surface area (TPSA) is 65.4 Å². The first kappa shape index (κ1) is 19.3. The van der Waals surface area contributed by atoms with Crippen LogP contribution >= 0.6 is 23.4 Å². The van der Waals surface area contributed by atoms with Crippen molar-refractivity contribution in [1.82, 2.24) is 15.0 Å². The Morgan fingerprint density at radius 3 is 2.48 bits per heavy atom. The second-order valence-electron chi connectivity index (χ2n) is 6.58. The molecule has 4 nitrogen and oxygen atoms in total. The maximum absolute atomic E-state index is 8.89. The van der Waals surface area contributed by atoms with Gasteiger partial charge in [-0.2, -0.15) is 5.26 Å². The number of hydrogen-bond acceptors (Lipinski definition) is 4. The molecule has 0 aliphatic rings. The normalized spacial score (nSPS) is 10.6. The van der Waals surface area contributed by atoms with Crippen LogP contribution < -0.4 is 0 Å². The minimum absolute atomic E-state index is 0.670. The van der Waals surface area contributed by atoms with Gasteiger partial charge in [-0.25, -0.2) is 9.97 Å². The summed E-state index contributed by atoms with van der Waals surface area (Å²) in [4.78, 5) is 13.5. The van der Waals surface area contributed by atoms with E-state index in [1.54, 1.807) is 11.8 Å². The lowest BCUT2D eigenvalue weighted by Gasteiger charge is -2.03. The number of aromatic amines is 1. The van der Waals surface area contributed by atoms with Crippen LogP contribution in [0.4, 0.5) is 0 Å². The van der Waals surface area contributed by atoms with Gasteiger partial charge >= 0.3 is 0 Å². The number of aromatic nitrogens is 3. The molecule has 4 aromatic rings. The Bertz CT molecular complexity index is 1140. The zero-order chi connectivity index (χ0) is 20.1. The summed E-state index contributed by atoms with van der Waals surface area (Å²) in [7, 11) is 0. The SMILES string of the molecule is N#Cc1ccc(Cc2cnc(Cc3ccc(Sc4cccc(Cl)c4)nc3)[nH]2)cc1. The summed E-state index contributed by atoms with van der Waals surface area (Å²) in [5.41, 5.74) is 3.96. The van der Waals surface area contributed by atoms with E-state index in [0.29, 0.717) is 12.0 Å². The lowest BCUT2D eigenvalue weighted by atomic mass is 10.1. The van der Waals surface area contributed by atoms with Crippen molar-refractivity contribution in [2.75, 3.05) is 0 Å². The van der Waals surface area contributed by atoms with Crippen molar-refractivity contribution in [1.29, 1.82) is 5.26 Å². The minimum atomic E-state index is 0.670. The van der Waals surface area contributed by atoms with Crippen molar-refractivity contribution in [2.45, 2.75) is 22.8 Å². The molecular weight excluding hydrogens is 400 g/mol. The third-order valence-electron chi connectivity index (χ3n) is 4.35. The molecule has 0 atom stereocenters. The van der Waals surface area contributed by atoms with Gasteiger partial charge in [0, 0.05) is 40.8 Å². The van der Waals surface area contributed by atoms with Crippen LogP contribution in [0.5, 0.6) is 0 Å². The van der Waals surface area contributed by atoms with Gasteiger partial charge < -0.3 is 4.98 Å². The van der Waals surface area contributed by atoms with Crippen LogP contribution in [0.1, 0.15) is 28.2 Å². The molecule has 0 fully saturated rings. The third-order valence-corrected chi connectivity index (χ3v) is 5.52. The second kappa shape index (κ2) is 8.95. The maximum Gasteiger partial charge on any atom is 0.110 e. The number of rotatable bonds is 6. The second-order valence-corrected chi connectivity index (χ2v) is 8.11. The quantitative estimate of drug-likeness (QED) is 0.440. The average Bonchev–Trinajstić information content (AvgIpc) is 3.17. The number of nitrogens with zero attached hydrogens (tertiary/aromatic N) is 3. The van der Waals surface area contributed by atoms with Crippen molar-refractivity contribution < 1.29 is 0 Å². The zero-order valence-corrected chi connectivity index (χ0v) is 17.0. The number of nitrogens with one attached hydrogen (secondary N) is 1. The molecule has 2 aromatic heterocycles. The summed E-state index contributed by atoms with van der Waals surface area (Å²) in [6.07, 6.45) is 5.20. The zero-order valence-electron chi connectivity index (χ0n) is 15.5. The largest absolute Gasteiger partial charge is 0.345 e. The Hall–Kier alpha value is -3.07. The van der Waals surface area contributed by atoms with Crippen LogP contribution in [0, 0.1) is 11.3 Å². The first-order chi connectivity index (χ1) is 14.2. The molecule has 142 valence electrons. The number of halogens is 1. The van der Waals surface area contributed by atoms with Gasteiger partial charge in [-0.1, -0.05) is 47.6 Å². The molecule has 0 saturated heterocycles. The molecule has 0 radical (unpaired) electrons. The van der Waals surface area contributed by atoms with Gasteiger partial charge in [-0.05, 0) is 47.5 Å². The molecule has 29 heavy (non-hydrogen) atoms. The fourth-order valence-corrected chi connectivity index (χ4v) is 3.99. The van der Waals surface area contributed by atoms with Crippen molar-refractivity contribution in [3.63, 3.8) is 0 Å². The molecule has 0 amide bonds. The van der Waals surface area contributed by atoms with E-state index in [-0.39, 0.29) is 0 Å². The van der Waals surface area contributed by atoms with Crippen LogP contribution in [0.2, 0.25) is 5.02 Å². The summed E-state index contributed by atoms with van der Waals surface area (Å²) < 4.78 is 0. The summed E-state index contributed by atoms with van der Waals surface area (Å²) in [5.74, 6) is 0.908. The van der Waals surface area contributed by atoms with Gasteiger partial charge in [0.05, 0.1) is 11.6 Å². The van der Waals surface area contributed by atoms with E-state index in [4.69, 9.17) is 16.9 Å². The molecule has 0 spiro atoms. The lowest BCUT2D eigenvalue weighted by molar-refractivity contribution is 0.978. The molecule has 4 rings (SSSR count). The summed E-state index contributed by atoms with van der Waals surface area (Å²) in [6.45, 7) is 0. The van der Waals surface area contributed by atoms with Gasteiger partial charge in [-0.15, -0.1) is 0 Å². The first-order valence-electron chi connectivity index (χ1n) is 9.08. The number of pyridine rings is 1. The smallest absolute Gasteiger partial charge is 0.110 e. The molecule has 6 heteroatoms. The fourth-order valence-electron chi connectivity index (χ4n) is 2.92. The van der Waals surface area contributed by atoms with Crippen LogP contribution in [-0.4, -0.2) is 15.0 Å². The molecule has 0 aliphatic carbocycles. The predicted octanol–water partition coefficient (Wildman–Crippen LogP) is 5.66. The summed E-state index contributed by atoms with van der Waals surface area (Å²) in [6, 6.07) is 21.6. The monoisotopic (exact) mass is 416 g/mol. The van der Waals surface area contributed by atoms with Crippen LogP contribution in [0.15, 0.2) is 83.0 Å². The molecular formula is C23H17ClN4S. The van der Waals surface area contributed by atoms with Crippen molar-refractivity contribution in [3.05, 3.63) is 106 Å². The maximum atomic E-state index is 8.89. The van der Waals surface area contributed by atoms with Gasteiger partial charge in [-0.3, -0.25) is 0 Å². The van der Waals surface area contributed by atoms with Crippen molar-refractivity contribution >= 4 is 23.4 Å². The highest BCUT2D eigenvalue weighted by Gasteiger charge is 2.05. The minimum Gasteiger partial charge on any atom is -0.345 e. The van der Waals surface area contributed by atoms with E-state index >= 15 is 0 Å². The first-order valence-corrected chi connectivity index (χ1v) is 10.3. The molecule has 0 unspecified atom stereocenters. The van der Waals surface area contributed by atoms with Gasteiger partial charge in [0.2, 0.25) is 0 Å². The fraction of sp³-hybridized carbons (Fsp3) is 0.0870. The van der Waals surface area contributed by atoms with Gasteiger partial charge in [0.1, 0.15) is 10.9 Å². The van der Waals surface area contributed by atoms with E-state index in [1.165, 1.54) is 0 Å². The van der Waals surface area contributed by atoms with E-state index in [0.717, 1.165) is 44.0 Å². The van der Waals surface area contributed by atoms with E-state index < -0.39 is 0 Å². The standard InChI is InChI=1S/C23H17ClN4S/c24-19-2-1-3-21(12-19)29-23-9-8-18(14-27-23)11-22-26-15-20(28-22)10-16-4-6-17(13-25)7-5-16/h1-9,12,14-15H,10-11H2,(H,26,28). The number of H-pyrrole nitrogens is 1. The summed E-state index contributed by atoms with van der Waals surface area (Å²) in [5, 5.41) is 10.5. The van der Waals surface area contributed by atoms with Gasteiger partial charge in [0.25, 0.3) is 0 Å². The molecule has 2 heterocycles. The molecule has 1 N–H and O–H groups in total. The van der Waals surface area contributed by atoms with E-state index in [9.17, 15) is 0 Å².